The van der Waals surface area contributed by atoms with Crippen LogP contribution in [0.15, 0.2) is 4.79 Å². The minimum atomic E-state index is -0.458. The van der Waals surface area contributed by atoms with Gasteiger partial charge in [-0.15, -0.1) is 0 Å². The zero-order valence-electron chi connectivity index (χ0n) is 14.5. The molecule has 0 radical (unpaired) electrons. The van der Waals surface area contributed by atoms with Crippen LogP contribution in [0, 0.1) is 0 Å². The van der Waals surface area contributed by atoms with Crippen molar-refractivity contribution in [3.63, 3.8) is 0 Å². The van der Waals surface area contributed by atoms with E-state index in [1.54, 1.807) is 4.90 Å². The zero-order chi connectivity index (χ0) is 18.1. The monoisotopic (exact) mass is 348 g/mol. The first-order chi connectivity index (χ1) is 11.9. The maximum atomic E-state index is 12.7. The Hall–Kier alpha value is -2.42. The number of piperazine rings is 1. The number of amides is 2. The second kappa shape index (κ2) is 6.83. The molecular formula is C16H24N6O3. The Bertz CT molecular complexity index is 744. The van der Waals surface area contributed by atoms with Gasteiger partial charge in [-0.25, -0.2) is 4.98 Å². The first-order valence-corrected chi connectivity index (χ1v) is 8.55. The summed E-state index contributed by atoms with van der Waals surface area (Å²) >= 11 is 0. The van der Waals surface area contributed by atoms with Gasteiger partial charge < -0.3 is 16.0 Å². The van der Waals surface area contributed by atoms with E-state index in [4.69, 9.17) is 5.73 Å². The minimum absolute atomic E-state index is 0.0516. The van der Waals surface area contributed by atoms with Crippen molar-refractivity contribution in [2.24, 2.45) is 0 Å². The van der Waals surface area contributed by atoms with Gasteiger partial charge in [-0.05, 0) is 20.3 Å². The lowest BCUT2D eigenvalue weighted by Gasteiger charge is -2.38. The molecule has 1 atom stereocenters. The normalized spacial score (nSPS) is 21.2. The van der Waals surface area contributed by atoms with E-state index in [1.807, 2.05) is 13.8 Å². The Morgan fingerprint density at radius 3 is 2.84 bits per heavy atom. The summed E-state index contributed by atoms with van der Waals surface area (Å²) in [5.74, 6) is -0.167. The average molecular weight is 348 g/mol. The number of carbonyl (C=O) groups excluding carboxylic acids is 2. The third kappa shape index (κ3) is 3.51. The fourth-order valence-corrected chi connectivity index (χ4v) is 3.53. The molecule has 1 aromatic rings. The largest absolute Gasteiger partial charge is 0.369 e. The van der Waals surface area contributed by atoms with Crippen LogP contribution in [-0.2, 0) is 22.6 Å². The smallest absolute Gasteiger partial charge is 0.255 e. The van der Waals surface area contributed by atoms with Gasteiger partial charge in [0.25, 0.3) is 5.56 Å². The molecular weight excluding hydrogens is 324 g/mol. The van der Waals surface area contributed by atoms with Gasteiger partial charge in [0, 0.05) is 31.2 Å². The molecule has 0 bridgehead atoms. The maximum absolute atomic E-state index is 12.7. The topological polar surface area (TPSA) is 124 Å². The number of rotatable bonds is 3. The highest BCUT2D eigenvalue weighted by molar-refractivity contribution is 5.89. The lowest BCUT2D eigenvalue weighted by molar-refractivity contribution is -0.140. The molecule has 3 heterocycles. The van der Waals surface area contributed by atoms with E-state index in [-0.39, 0.29) is 42.3 Å². The van der Waals surface area contributed by atoms with Crippen LogP contribution in [0.5, 0.6) is 0 Å². The number of aromatic amines is 1. The van der Waals surface area contributed by atoms with Crippen molar-refractivity contribution < 1.29 is 9.59 Å². The third-order valence-electron chi connectivity index (χ3n) is 4.85. The van der Waals surface area contributed by atoms with Crippen molar-refractivity contribution in [3.8, 4) is 0 Å². The van der Waals surface area contributed by atoms with Gasteiger partial charge in [0.1, 0.15) is 0 Å². The fraction of sp³-hybridized carbons (Fsp3) is 0.625. The predicted molar refractivity (Wildman–Crippen MR) is 91.6 cm³/mol. The Morgan fingerprint density at radius 1 is 1.36 bits per heavy atom. The molecule has 2 amide bonds. The van der Waals surface area contributed by atoms with E-state index in [1.165, 1.54) is 0 Å². The number of aromatic nitrogens is 2. The second-order valence-corrected chi connectivity index (χ2v) is 6.78. The molecule has 0 aromatic carbocycles. The molecule has 9 heteroatoms. The van der Waals surface area contributed by atoms with E-state index < -0.39 is 6.04 Å². The van der Waals surface area contributed by atoms with Gasteiger partial charge in [-0.1, -0.05) is 0 Å². The van der Waals surface area contributed by atoms with Gasteiger partial charge >= 0.3 is 0 Å². The molecule has 1 saturated heterocycles. The van der Waals surface area contributed by atoms with Crippen molar-refractivity contribution >= 4 is 17.8 Å². The van der Waals surface area contributed by atoms with Crippen LogP contribution in [0.1, 0.15) is 31.5 Å². The molecule has 136 valence electrons. The van der Waals surface area contributed by atoms with Crippen LogP contribution in [0.2, 0.25) is 0 Å². The molecule has 3 rings (SSSR count). The van der Waals surface area contributed by atoms with Crippen molar-refractivity contribution in [1.82, 2.24) is 25.1 Å². The summed E-state index contributed by atoms with van der Waals surface area (Å²) in [6, 6.07) is -0.272. The van der Waals surface area contributed by atoms with Gasteiger partial charge in [-0.2, -0.15) is 0 Å². The molecule has 0 aliphatic carbocycles. The van der Waals surface area contributed by atoms with E-state index >= 15 is 0 Å². The quantitative estimate of drug-likeness (QED) is 0.633. The first kappa shape index (κ1) is 17.4. The molecule has 2 aliphatic heterocycles. The number of hydrogen-bond donors (Lipinski definition) is 3. The SMILES string of the molecule is CC(C)N1CCNC(=O)[C@@H]1CC(=O)N1CCc2c(nc(N)[nH]c2=O)C1. The number of anilines is 1. The summed E-state index contributed by atoms with van der Waals surface area (Å²) in [4.78, 5) is 47.2. The van der Waals surface area contributed by atoms with Crippen molar-refractivity contribution in [2.75, 3.05) is 25.4 Å². The van der Waals surface area contributed by atoms with Gasteiger partial charge in [0.2, 0.25) is 17.8 Å². The lowest BCUT2D eigenvalue weighted by Crippen LogP contribution is -2.58. The molecule has 9 nitrogen and oxygen atoms in total. The zero-order valence-corrected chi connectivity index (χ0v) is 14.5. The standard InChI is InChI=1S/C16H24N6O3/c1-9(2)22-6-4-18-15(25)12(22)7-13(23)21-5-3-10-11(8-21)19-16(17)20-14(10)24/h9,12H,3-8H2,1-2H3,(H,18,25)(H3,17,19,20,24)/t12-/m0/s1. The van der Waals surface area contributed by atoms with Gasteiger partial charge in [-0.3, -0.25) is 24.3 Å². The summed E-state index contributed by atoms with van der Waals surface area (Å²) in [6.07, 6.45) is 0.562. The highest BCUT2D eigenvalue weighted by Crippen LogP contribution is 2.18. The summed E-state index contributed by atoms with van der Waals surface area (Å²) in [7, 11) is 0. The van der Waals surface area contributed by atoms with Crippen LogP contribution in [-0.4, -0.2) is 63.3 Å². The van der Waals surface area contributed by atoms with E-state index in [2.05, 4.69) is 20.2 Å². The number of hydrogen-bond acceptors (Lipinski definition) is 6. The molecule has 2 aliphatic rings. The number of nitrogens with one attached hydrogen (secondary N) is 2. The van der Waals surface area contributed by atoms with E-state index in [0.29, 0.717) is 30.8 Å². The van der Waals surface area contributed by atoms with Crippen LogP contribution in [0.4, 0.5) is 5.95 Å². The minimum Gasteiger partial charge on any atom is -0.369 e. The fourth-order valence-electron chi connectivity index (χ4n) is 3.53. The van der Waals surface area contributed by atoms with Gasteiger partial charge in [0.15, 0.2) is 0 Å². The summed E-state index contributed by atoms with van der Waals surface area (Å²) in [5, 5.41) is 2.83. The summed E-state index contributed by atoms with van der Waals surface area (Å²) in [6.45, 7) is 6.07. The maximum Gasteiger partial charge on any atom is 0.255 e. The summed E-state index contributed by atoms with van der Waals surface area (Å²) < 4.78 is 0. The Morgan fingerprint density at radius 2 is 2.12 bits per heavy atom. The number of nitrogens with zero attached hydrogens (tertiary/aromatic N) is 3. The van der Waals surface area contributed by atoms with Crippen LogP contribution >= 0.6 is 0 Å². The van der Waals surface area contributed by atoms with Crippen LogP contribution in [0.25, 0.3) is 0 Å². The Labute approximate surface area is 145 Å². The predicted octanol–water partition coefficient (Wildman–Crippen LogP) is -1.16. The van der Waals surface area contributed by atoms with Crippen molar-refractivity contribution in [2.45, 2.75) is 45.3 Å². The van der Waals surface area contributed by atoms with Crippen LogP contribution in [0.3, 0.4) is 0 Å². The molecule has 0 spiro atoms. The number of H-pyrrole nitrogens is 1. The van der Waals surface area contributed by atoms with Gasteiger partial charge in [0.05, 0.1) is 24.7 Å². The number of nitrogens with two attached hydrogens (primary N) is 1. The molecule has 0 saturated carbocycles. The second-order valence-electron chi connectivity index (χ2n) is 6.78. The Balaban J connectivity index is 1.73. The number of fused-ring (bicyclic) bond motifs is 1. The molecule has 25 heavy (non-hydrogen) atoms. The Kier molecular flexibility index (Phi) is 4.76. The molecule has 1 fully saturated rings. The van der Waals surface area contributed by atoms with E-state index in [0.717, 1.165) is 6.54 Å². The highest BCUT2D eigenvalue weighted by Gasteiger charge is 2.35. The van der Waals surface area contributed by atoms with Crippen molar-refractivity contribution in [1.29, 1.82) is 0 Å². The lowest BCUT2D eigenvalue weighted by atomic mass is 10.0. The molecule has 4 N–H and O–H groups in total. The molecule has 1 aromatic heterocycles. The first-order valence-electron chi connectivity index (χ1n) is 8.55. The number of nitrogen functional groups attached to an aromatic ring is 1. The summed E-state index contributed by atoms with van der Waals surface area (Å²) in [5.41, 5.74) is 6.47. The third-order valence-corrected chi connectivity index (χ3v) is 4.85. The highest BCUT2D eigenvalue weighted by atomic mass is 16.2. The average Bonchev–Trinajstić information content (AvgIpc) is 2.55. The molecule has 0 unspecified atom stereocenters. The van der Waals surface area contributed by atoms with E-state index in [9.17, 15) is 14.4 Å². The van der Waals surface area contributed by atoms with Crippen LogP contribution < -0.4 is 16.6 Å². The number of carbonyl (C=O) groups is 2. The van der Waals surface area contributed by atoms with Crippen molar-refractivity contribution in [3.05, 3.63) is 21.6 Å².